The molecular formula is C21H15FN4O2S. The van der Waals surface area contributed by atoms with E-state index in [4.69, 9.17) is 16.6 Å². The number of carbonyl (C=O) groups is 1. The quantitative estimate of drug-likeness (QED) is 0.489. The molecule has 0 unspecified atom stereocenters. The number of pyridine rings is 1. The van der Waals surface area contributed by atoms with E-state index in [1.165, 1.54) is 18.2 Å². The molecule has 0 bridgehead atoms. The van der Waals surface area contributed by atoms with Gasteiger partial charge in [0.05, 0.1) is 5.56 Å². The van der Waals surface area contributed by atoms with Crippen molar-refractivity contribution >= 4 is 40.2 Å². The highest BCUT2D eigenvalue weighted by atomic mass is 32.1. The van der Waals surface area contributed by atoms with E-state index in [2.05, 4.69) is 20.6 Å². The number of hydrogen-bond donors (Lipinski definition) is 2. The molecule has 0 saturated carbocycles. The zero-order valence-electron chi connectivity index (χ0n) is 15.3. The fraction of sp³-hybridized carbons (Fsp3) is 0.0476. The molecule has 2 aromatic carbocycles. The van der Waals surface area contributed by atoms with E-state index >= 15 is 0 Å². The van der Waals surface area contributed by atoms with Gasteiger partial charge in [-0.2, -0.15) is 4.98 Å². The number of rotatable bonds is 3. The Balaban J connectivity index is 1.54. The fourth-order valence-electron chi connectivity index (χ4n) is 2.75. The lowest BCUT2D eigenvalue weighted by atomic mass is 10.1. The maximum Gasteiger partial charge on any atom is 0.260 e. The second kappa shape index (κ2) is 7.76. The van der Waals surface area contributed by atoms with Gasteiger partial charge in [0.15, 0.2) is 16.3 Å². The van der Waals surface area contributed by atoms with Crippen LogP contribution in [0, 0.1) is 12.7 Å². The summed E-state index contributed by atoms with van der Waals surface area (Å²) in [5.74, 6) is -0.821. The topological polar surface area (TPSA) is 80.1 Å². The summed E-state index contributed by atoms with van der Waals surface area (Å²) in [7, 11) is 0. The van der Waals surface area contributed by atoms with Crippen molar-refractivity contribution in [2.45, 2.75) is 6.92 Å². The average Bonchev–Trinajstić information content (AvgIpc) is 3.14. The zero-order valence-corrected chi connectivity index (χ0v) is 16.1. The number of nitrogens with zero attached hydrogens (tertiary/aromatic N) is 2. The second-order valence-electron chi connectivity index (χ2n) is 6.26. The van der Waals surface area contributed by atoms with Crippen LogP contribution in [0.2, 0.25) is 0 Å². The van der Waals surface area contributed by atoms with Crippen LogP contribution in [0.25, 0.3) is 22.7 Å². The van der Waals surface area contributed by atoms with Gasteiger partial charge >= 0.3 is 0 Å². The largest absolute Gasteiger partial charge is 0.434 e. The van der Waals surface area contributed by atoms with Crippen molar-refractivity contribution in [2.24, 2.45) is 0 Å². The van der Waals surface area contributed by atoms with E-state index in [1.54, 1.807) is 24.4 Å². The molecule has 29 heavy (non-hydrogen) atoms. The number of hydrogen-bond acceptors (Lipinski definition) is 5. The zero-order chi connectivity index (χ0) is 20.4. The number of oxazole rings is 1. The number of nitrogens with one attached hydrogen (secondary N) is 2. The number of aryl methyl sites for hydroxylation is 1. The van der Waals surface area contributed by atoms with Gasteiger partial charge in [-0.3, -0.25) is 10.1 Å². The molecule has 4 aromatic rings. The third kappa shape index (κ3) is 3.97. The van der Waals surface area contributed by atoms with E-state index < -0.39 is 11.7 Å². The number of fused-ring (bicyclic) bond motifs is 1. The molecule has 4 rings (SSSR count). The van der Waals surface area contributed by atoms with Crippen molar-refractivity contribution < 1.29 is 13.6 Å². The summed E-state index contributed by atoms with van der Waals surface area (Å²) in [5.41, 5.74) is 3.30. The van der Waals surface area contributed by atoms with Gasteiger partial charge in [0.2, 0.25) is 5.89 Å². The number of carbonyl (C=O) groups excluding carboxylic acids is 1. The Morgan fingerprint density at radius 3 is 2.76 bits per heavy atom. The summed E-state index contributed by atoms with van der Waals surface area (Å²) in [6, 6.07) is 14.8. The number of halogens is 1. The normalized spacial score (nSPS) is 10.7. The Bertz CT molecular complexity index is 1210. The van der Waals surface area contributed by atoms with E-state index in [0.29, 0.717) is 22.8 Å². The summed E-state index contributed by atoms with van der Waals surface area (Å²) in [6.45, 7) is 1.89. The van der Waals surface area contributed by atoms with E-state index in [0.717, 1.165) is 11.1 Å². The van der Waals surface area contributed by atoms with E-state index in [-0.39, 0.29) is 10.7 Å². The smallest absolute Gasteiger partial charge is 0.260 e. The maximum absolute atomic E-state index is 13.8. The third-order valence-corrected chi connectivity index (χ3v) is 4.45. The van der Waals surface area contributed by atoms with Gasteiger partial charge in [-0.25, -0.2) is 9.37 Å². The Morgan fingerprint density at radius 2 is 1.97 bits per heavy atom. The van der Waals surface area contributed by atoms with Gasteiger partial charge in [0, 0.05) is 17.4 Å². The highest BCUT2D eigenvalue weighted by Gasteiger charge is 2.14. The molecule has 6 nitrogen and oxygen atoms in total. The Morgan fingerprint density at radius 1 is 1.14 bits per heavy atom. The first kappa shape index (κ1) is 18.7. The van der Waals surface area contributed by atoms with Crippen molar-refractivity contribution in [3.05, 3.63) is 77.7 Å². The maximum atomic E-state index is 13.8. The molecule has 1 amide bonds. The van der Waals surface area contributed by atoms with E-state index in [1.807, 2.05) is 25.1 Å². The van der Waals surface area contributed by atoms with Gasteiger partial charge in [-0.15, -0.1) is 0 Å². The first-order valence-corrected chi connectivity index (χ1v) is 9.11. The van der Waals surface area contributed by atoms with Crippen molar-refractivity contribution in [3.63, 3.8) is 0 Å². The molecule has 0 aliphatic rings. The summed E-state index contributed by atoms with van der Waals surface area (Å²) in [6.07, 6.45) is 1.65. The number of amides is 1. The number of thiocarbonyl (C=S) groups is 1. The van der Waals surface area contributed by atoms with Gasteiger partial charge in [0.25, 0.3) is 5.91 Å². The van der Waals surface area contributed by atoms with Crippen LogP contribution >= 0.6 is 12.2 Å². The molecule has 0 atom stereocenters. The van der Waals surface area contributed by atoms with Crippen LogP contribution in [0.3, 0.4) is 0 Å². The Kier molecular flexibility index (Phi) is 5.01. The highest BCUT2D eigenvalue weighted by Crippen LogP contribution is 2.27. The van der Waals surface area contributed by atoms with Crippen molar-refractivity contribution in [1.82, 2.24) is 15.3 Å². The molecule has 0 aliphatic carbocycles. The molecule has 8 heteroatoms. The SMILES string of the molecule is Cc1ccc(-c2nc3ncccc3o2)cc1NC(=S)NC(=O)c1ccccc1F. The molecule has 0 saturated heterocycles. The van der Waals surface area contributed by atoms with Crippen molar-refractivity contribution in [3.8, 4) is 11.5 Å². The lowest BCUT2D eigenvalue weighted by Gasteiger charge is -2.13. The van der Waals surface area contributed by atoms with Crippen LogP contribution in [-0.4, -0.2) is 21.0 Å². The molecule has 144 valence electrons. The molecule has 2 heterocycles. The summed E-state index contributed by atoms with van der Waals surface area (Å²) in [4.78, 5) is 20.8. The molecule has 2 aromatic heterocycles. The average molecular weight is 406 g/mol. The van der Waals surface area contributed by atoms with Gasteiger partial charge < -0.3 is 9.73 Å². The summed E-state index contributed by atoms with van der Waals surface area (Å²) in [5, 5.41) is 5.51. The monoisotopic (exact) mass is 406 g/mol. The molecule has 0 spiro atoms. The van der Waals surface area contributed by atoms with E-state index in [9.17, 15) is 9.18 Å². The minimum absolute atomic E-state index is 0.0535. The lowest BCUT2D eigenvalue weighted by Crippen LogP contribution is -2.34. The molecule has 0 aliphatic heterocycles. The van der Waals surface area contributed by atoms with Crippen LogP contribution in [0.15, 0.2) is 65.2 Å². The van der Waals surface area contributed by atoms with Gasteiger partial charge in [-0.05, 0) is 61.1 Å². The summed E-state index contributed by atoms with van der Waals surface area (Å²) >= 11 is 5.21. The Labute approximate surface area is 170 Å². The molecular weight excluding hydrogens is 391 g/mol. The molecule has 2 N–H and O–H groups in total. The minimum Gasteiger partial charge on any atom is -0.434 e. The summed E-state index contributed by atoms with van der Waals surface area (Å²) < 4.78 is 19.5. The predicted octanol–water partition coefficient (Wildman–Crippen LogP) is 4.46. The van der Waals surface area contributed by atoms with Gasteiger partial charge in [0.1, 0.15) is 5.82 Å². The lowest BCUT2D eigenvalue weighted by molar-refractivity contribution is 0.0974. The van der Waals surface area contributed by atoms with Crippen LogP contribution in [-0.2, 0) is 0 Å². The highest BCUT2D eigenvalue weighted by molar-refractivity contribution is 7.80. The fourth-order valence-corrected chi connectivity index (χ4v) is 2.95. The first-order chi connectivity index (χ1) is 14.0. The van der Waals surface area contributed by atoms with Gasteiger partial charge in [-0.1, -0.05) is 18.2 Å². The number of aromatic nitrogens is 2. The molecule has 0 radical (unpaired) electrons. The van der Waals surface area contributed by atoms with Crippen LogP contribution in [0.1, 0.15) is 15.9 Å². The van der Waals surface area contributed by atoms with Crippen molar-refractivity contribution in [2.75, 3.05) is 5.32 Å². The van der Waals surface area contributed by atoms with Crippen LogP contribution in [0.4, 0.5) is 10.1 Å². The third-order valence-electron chi connectivity index (χ3n) is 4.24. The van der Waals surface area contributed by atoms with Crippen molar-refractivity contribution in [1.29, 1.82) is 0 Å². The first-order valence-electron chi connectivity index (χ1n) is 8.71. The second-order valence-corrected chi connectivity index (χ2v) is 6.67. The van der Waals surface area contributed by atoms with Crippen LogP contribution in [0.5, 0.6) is 0 Å². The Hall–Kier alpha value is -3.65. The molecule has 0 fully saturated rings. The van der Waals surface area contributed by atoms with Crippen LogP contribution < -0.4 is 10.6 Å². The minimum atomic E-state index is -0.626. The standard InChI is InChI=1S/C21H15FN4O2S/c1-12-8-9-13(20-25-18-17(28-20)7-4-10-23-18)11-16(12)24-21(29)26-19(27)14-5-2-3-6-15(14)22/h2-11H,1H3,(H2,24,26,27,29). The number of benzene rings is 2. The predicted molar refractivity (Wildman–Crippen MR) is 112 cm³/mol. The number of anilines is 1.